The quantitative estimate of drug-likeness (QED) is 0.820. The maximum Gasteiger partial charge on any atom is 0.433 e. The van der Waals surface area contributed by atoms with Crippen LogP contribution in [0.1, 0.15) is 18.5 Å². The van der Waals surface area contributed by atoms with E-state index in [-0.39, 0.29) is 17.7 Å². The number of halogens is 5. The Morgan fingerprint density at radius 3 is 2.42 bits per heavy atom. The third kappa shape index (κ3) is 3.46. The van der Waals surface area contributed by atoms with Crippen LogP contribution in [0.5, 0.6) is 0 Å². The number of aromatic nitrogens is 5. The fourth-order valence-electron chi connectivity index (χ4n) is 2.13. The lowest BCUT2D eigenvalue weighted by Crippen LogP contribution is -2.44. The topological polar surface area (TPSA) is 102 Å². The summed E-state index contributed by atoms with van der Waals surface area (Å²) in [5.41, 5.74) is 4.31. The average molecular weight is 347 g/mol. The molecular weight excluding hydrogens is 337 g/mol. The maximum atomic E-state index is 12.8. The fourth-order valence-corrected chi connectivity index (χ4v) is 2.13. The van der Waals surface area contributed by atoms with Gasteiger partial charge in [-0.1, -0.05) is 0 Å². The van der Waals surface area contributed by atoms with Crippen LogP contribution in [0.2, 0.25) is 0 Å². The van der Waals surface area contributed by atoms with Crippen LogP contribution < -0.4 is 11.1 Å². The largest absolute Gasteiger partial charge is 0.433 e. The highest BCUT2D eigenvalue weighted by molar-refractivity contribution is 5.49. The molecular formula is C12H10F5N7. The number of nitrogens with two attached hydrogens (primary N) is 1. The minimum Gasteiger partial charge on any atom is -0.368 e. The van der Waals surface area contributed by atoms with Crippen molar-refractivity contribution < 1.29 is 22.0 Å². The Morgan fingerprint density at radius 1 is 1.08 bits per heavy atom. The zero-order chi connectivity index (χ0) is 17.5. The number of nitrogen functional groups attached to an aromatic ring is 1. The summed E-state index contributed by atoms with van der Waals surface area (Å²) >= 11 is 0. The second-order valence-corrected chi connectivity index (χ2v) is 5.21. The van der Waals surface area contributed by atoms with Crippen molar-refractivity contribution in [2.75, 3.05) is 11.1 Å². The monoisotopic (exact) mass is 347 g/mol. The number of hydrogen-bond acceptors (Lipinski definition) is 7. The van der Waals surface area contributed by atoms with Crippen molar-refractivity contribution in [3.8, 4) is 11.6 Å². The summed E-state index contributed by atoms with van der Waals surface area (Å²) in [7, 11) is 0. The molecule has 1 aliphatic rings. The van der Waals surface area contributed by atoms with Crippen molar-refractivity contribution in [2.45, 2.75) is 31.0 Å². The Kier molecular flexibility index (Phi) is 3.68. The van der Waals surface area contributed by atoms with Crippen LogP contribution in [0.4, 0.5) is 33.8 Å². The minimum absolute atomic E-state index is 0.126. The molecule has 2 heterocycles. The van der Waals surface area contributed by atoms with E-state index in [1.54, 1.807) is 0 Å². The summed E-state index contributed by atoms with van der Waals surface area (Å²) in [6.07, 6.45) is -4.54. The molecule has 0 saturated heterocycles. The van der Waals surface area contributed by atoms with E-state index in [9.17, 15) is 22.0 Å². The molecule has 1 aliphatic carbocycles. The molecule has 3 rings (SSSR count). The van der Waals surface area contributed by atoms with E-state index >= 15 is 0 Å². The molecule has 0 bridgehead atoms. The Labute approximate surface area is 131 Å². The van der Waals surface area contributed by atoms with Crippen molar-refractivity contribution in [1.29, 1.82) is 0 Å². The predicted molar refractivity (Wildman–Crippen MR) is 71.9 cm³/mol. The molecule has 1 saturated carbocycles. The highest BCUT2D eigenvalue weighted by Gasteiger charge is 2.45. The van der Waals surface area contributed by atoms with Gasteiger partial charge >= 0.3 is 6.18 Å². The molecule has 0 spiro atoms. The lowest BCUT2D eigenvalue weighted by atomic mass is 9.88. The van der Waals surface area contributed by atoms with Crippen LogP contribution in [-0.2, 0) is 6.18 Å². The van der Waals surface area contributed by atoms with Crippen LogP contribution in [0, 0.1) is 0 Å². The van der Waals surface area contributed by atoms with Gasteiger partial charge in [0.25, 0.3) is 5.92 Å². The highest BCUT2D eigenvalue weighted by Crippen LogP contribution is 2.38. The number of anilines is 2. The fraction of sp³-hybridized carbons (Fsp3) is 0.417. The first-order valence-corrected chi connectivity index (χ1v) is 6.69. The first kappa shape index (κ1) is 16.2. The minimum atomic E-state index is -4.66. The molecule has 0 radical (unpaired) electrons. The van der Waals surface area contributed by atoms with Gasteiger partial charge in [-0.3, -0.25) is 0 Å². The van der Waals surface area contributed by atoms with Gasteiger partial charge in [0.05, 0.1) is 0 Å². The van der Waals surface area contributed by atoms with Crippen LogP contribution in [0.25, 0.3) is 11.6 Å². The molecule has 12 heteroatoms. The average Bonchev–Trinajstić information content (AvgIpc) is 2.44. The van der Waals surface area contributed by atoms with Crippen LogP contribution in [0.3, 0.4) is 0 Å². The summed E-state index contributed by atoms with van der Waals surface area (Å²) in [6, 6.07) is 0.140. The SMILES string of the molecule is Nc1nc(NC2CC(F)(F)C2)nc(-c2nccc(C(F)(F)F)n2)n1. The molecule has 3 N–H and O–H groups in total. The van der Waals surface area contributed by atoms with Crippen molar-refractivity contribution in [3.63, 3.8) is 0 Å². The molecule has 1 fully saturated rings. The van der Waals surface area contributed by atoms with Crippen molar-refractivity contribution in [1.82, 2.24) is 24.9 Å². The third-order valence-corrected chi connectivity index (χ3v) is 3.22. The standard InChI is InChI=1S/C12H10F5N7/c13-11(14)3-5(4-11)20-10-23-8(22-9(18)24-10)7-19-2-1-6(21-7)12(15,16)17/h1-2,5H,3-4H2,(H3,18,20,22,23,24). The van der Waals surface area contributed by atoms with E-state index in [1.165, 1.54) is 0 Å². The van der Waals surface area contributed by atoms with Gasteiger partial charge in [0.2, 0.25) is 17.7 Å². The first-order chi connectivity index (χ1) is 11.1. The summed E-state index contributed by atoms with van der Waals surface area (Å²) in [5.74, 6) is -3.86. The zero-order valence-corrected chi connectivity index (χ0v) is 11.8. The molecule has 0 atom stereocenters. The number of alkyl halides is 5. The maximum absolute atomic E-state index is 12.8. The Bertz CT molecular complexity index is 756. The molecule has 2 aromatic rings. The van der Waals surface area contributed by atoms with Crippen LogP contribution >= 0.6 is 0 Å². The third-order valence-electron chi connectivity index (χ3n) is 3.22. The Morgan fingerprint density at radius 2 is 1.79 bits per heavy atom. The van der Waals surface area contributed by atoms with Crippen molar-refractivity contribution >= 4 is 11.9 Å². The lowest BCUT2D eigenvalue weighted by Gasteiger charge is -2.35. The Balaban J connectivity index is 1.86. The molecule has 0 unspecified atom stereocenters. The molecule has 2 aromatic heterocycles. The summed E-state index contributed by atoms with van der Waals surface area (Å²) < 4.78 is 63.7. The van der Waals surface area contributed by atoms with Gasteiger partial charge in [-0.05, 0) is 6.07 Å². The number of rotatable bonds is 3. The highest BCUT2D eigenvalue weighted by atomic mass is 19.4. The first-order valence-electron chi connectivity index (χ1n) is 6.69. The Hall–Kier alpha value is -2.66. The lowest BCUT2D eigenvalue weighted by molar-refractivity contribution is -0.141. The molecule has 7 nitrogen and oxygen atoms in total. The van der Waals surface area contributed by atoms with E-state index in [2.05, 4.69) is 30.2 Å². The van der Waals surface area contributed by atoms with Crippen LogP contribution in [-0.4, -0.2) is 36.9 Å². The molecule has 24 heavy (non-hydrogen) atoms. The van der Waals surface area contributed by atoms with Gasteiger partial charge in [0, 0.05) is 25.1 Å². The van der Waals surface area contributed by atoms with Gasteiger partial charge in [-0.15, -0.1) is 0 Å². The summed E-state index contributed by atoms with van der Waals surface area (Å²) in [6.45, 7) is 0. The summed E-state index contributed by atoms with van der Waals surface area (Å²) in [5, 5.41) is 2.63. The smallest absolute Gasteiger partial charge is 0.368 e. The van der Waals surface area contributed by atoms with E-state index in [0.29, 0.717) is 6.07 Å². The number of nitrogens with one attached hydrogen (secondary N) is 1. The van der Waals surface area contributed by atoms with E-state index in [4.69, 9.17) is 5.73 Å². The van der Waals surface area contributed by atoms with Gasteiger partial charge in [0.15, 0.2) is 5.82 Å². The predicted octanol–water partition coefficient (Wildman–Crippen LogP) is 2.14. The van der Waals surface area contributed by atoms with Crippen LogP contribution in [0.15, 0.2) is 12.3 Å². The van der Waals surface area contributed by atoms with Gasteiger partial charge in [0.1, 0.15) is 5.69 Å². The van der Waals surface area contributed by atoms with E-state index < -0.39 is 42.5 Å². The van der Waals surface area contributed by atoms with Crippen molar-refractivity contribution in [3.05, 3.63) is 18.0 Å². The van der Waals surface area contributed by atoms with E-state index in [0.717, 1.165) is 6.20 Å². The van der Waals surface area contributed by atoms with Gasteiger partial charge < -0.3 is 11.1 Å². The second-order valence-electron chi connectivity index (χ2n) is 5.21. The van der Waals surface area contributed by atoms with Gasteiger partial charge in [-0.2, -0.15) is 28.1 Å². The molecule has 0 aliphatic heterocycles. The molecule has 128 valence electrons. The zero-order valence-electron chi connectivity index (χ0n) is 11.8. The number of hydrogen-bond donors (Lipinski definition) is 2. The van der Waals surface area contributed by atoms with Gasteiger partial charge in [-0.25, -0.2) is 18.7 Å². The van der Waals surface area contributed by atoms with E-state index in [1.807, 2.05) is 0 Å². The number of nitrogens with zero attached hydrogens (tertiary/aromatic N) is 5. The normalized spacial score (nSPS) is 17.4. The molecule has 0 aromatic carbocycles. The van der Waals surface area contributed by atoms with Crippen molar-refractivity contribution in [2.24, 2.45) is 0 Å². The summed E-state index contributed by atoms with van der Waals surface area (Å²) in [4.78, 5) is 18.3. The second kappa shape index (κ2) is 5.46. The molecule has 0 amide bonds.